The van der Waals surface area contributed by atoms with E-state index < -0.39 is 35.1 Å². The maximum absolute atomic E-state index is 12.1. The van der Waals surface area contributed by atoms with Crippen LogP contribution in [0.2, 0.25) is 0 Å². The fourth-order valence-electron chi connectivity index (χ4n) is 0.365. The van der Waals surface area contributed by atoms with E-state index in [1.165, 1.54) is 0 Å². The van der Waals surface area contributed by atoms with Gasteiger partial charge in [0.1, 0.15) is 0 Å². The molecule has 1 N–H and O–H groups in total. The first-order valence-corrected chi connectivity index (χ1v) is 3.79. The molecule has 0 saturated heterocycles. The van der Waals surface area contributed by atoms with Crippen molar-refractivity contribution in [3.8, 4) is 0 Å². The zero-order chi connectivity index (χ0) is 11.1. The molecule has 0 heterocycles. The highest BCUT2D eigenvalue weighted by atomic mass is 32.2. The molecule has 0 saturated carbocycles. The molecule has 0 aromatic carbocycles. The third-order valence-corrected chi connectivity index (χ3v) is 1.83. The van der Waals surface area contributed by atoms with Crippen LogP contribution in [0.1, 0.15) is 6.92 Å². The highest BCUT2D eigenvalue weighted by Crippen LogP contribution is 2.46. The van der Waals surface area contributed by atoms with Crippen molar-refractivity contribution >= 4 is 11.1 Å². The summed E-state index contributed by atoms with van der Waals surface area (Å²) >= 11 is -4.36. The molecule has 1 atom stereocenters. The van der Waals surface area contributed by atoms with Gasteiger partial charge in [0.05, 0.1) is 0 Å². The Kier molecular flexibility index (Phi) is 3.05. The summed E-state index contributed by atoms with van der Waals surface area (Å²) in [7, 11) is 0. The van der Waals surface area contributed by atoms with E-state index >= 15 is 0 Å². The highest BCUT2D eigenvalue weighted by molar-refractivity contribution is 7.80. The number of halogens is 6. The summed E-state index contributed by atoms with van der Waals surface area (Å²) in [6.07, 6.45) is 0. The molecule has 0 aliphatic heterocycles. The van der Waals surface area contributed by atoms with Crippen LogP contribution in [-0.4, -0.2) is 25.9 Å². The lowest BCUT2D eigenvalue weighted by atomic mass is 10.2. The molecule has 0 spiro atoms. The molecule has 0 bridgehead atoms. The van der Waals surface area contributed by atoms with Crippen LogP contribution in [0.25, 0.3) is 0 Å². The van der Waals surface area contributed by atoms with Crippen molar-refractivity contribution in [3.05, 3.63) is 0 Å². The molecule has 0 aromatic rings. The molecule has 0 amide bonds. The first-order chi connectivity index (χ1) is 5.44. The van der Waals surface area contributed by atoms with Gasteiger partial charge >= 0.3 is 17.1 Å². The van der Waals surface area contributed by atoms with E-state index in [0.717, 1.165) is 0 Å². The van der Waals surface area contributed by atoms with E-state index in [1.807, 2.05) is 0 Å². The summed E-state index contributed by atoms with van der Waals surface area (Å²) < 4.78 is 89.4. The Morgan fingerprint density at radius 1 is 1.08 bits per heavy atom. The summed E-state index contributed by atoms with van der Waals surface area (Å²) in [6, 6.07) is 0. The molecule has 1 unspecified atom stereocenters. The van der Waals surface area contributed by atoms with Gasteiger partial charge in [-0.05, 0) is 0 Å². The van der Waals surface area contributed by atoms with E-state index in [9.17, 15) is 30.6 Å². The maximum Gasteiger partial charge on any atom is 0.412 e. The smallest absolute Gasteiger partial charge is 0.301 e. The van der Waals surface area contributed by atoms with Crippen molar-refractivity contribution < 1.29 is 35.1 Å². The Balaban J connectivity index is 5.16. The molecule has 0 aliphatic rings. The van der Waals surface area contributed by atoms with Gasteiger partial charge in [0.2, 0.25) is 11.1 Å². The van der Waals surface area contributed by atoms with E-state index in [2.05, 4.69) is 0 Å². The van der Waals surface area contributed by atoms with Crippen molar-refractivity contribution in [1.82, 2.24) is 0 Å². The normalized spacial score (nSPS) is 17.2. The van der Waals surface area contributed by atoms with Gasteiger partial charge in [-0.2, -0.15) is 26.3 Å². The zero-order valence-electron chi connectivity index (χ0n) is 6.03. The maximum atomic E-state index is 12.1. The van der Waals surface area contributed by atoms with Crippen LogP contribution in [0.5, 0.6) is 0 Å². The van der Waals surface area contributed by atoms with Crippen molar-refractivity contribution in [2.75, 3.05) is 0 Å². The molecular formula is C4H4F6O2S. The third kappa shape index (κ3) is 1.96. The molecule has 80 valence electrons. The topological polar surface area (TPSA) is 37.3 Å². The average Bonchev–Trinajstić information content (AvgIpc) is 1.84. The number of hydrogen-bond acceptors (Lipinski definition) is 1. The van der Waals surface area contributed by atoms with Gasteiger partial charge in [-0.25, -0.2) is 4.21 Å². The fraction of sp³-hybridized carbons (Fsp3) is 1.00. The number of rotatable bonds is 3. The predicted molar refractivity (Wildman–Crippen MR) is 31.3 cm³/mol. The van der Waals surface area contributed by atoms with E-state index in [0.29, 0.717) is 0 Å². The molecule has 0 radical (unpaired) electrons. The van der Waals surface area contributed by atoms with Crippen LogP contribution in [0.4, 0.5) is 26.3 Å². The van der Waals surface area contributed by atoms with Crippen LogP contribution in [0.15, 0.2) is 0 Å². The van der Waals surface area contributed by atoms with Crippen LogP contribution < -0.4 is 0 Å². The fourth-order valence-corrected chi connectivity index (χ4v) is 0.764. The van der Waals surface area contributed by atoms with Crippen molar-refractivity contribution in [3.63, 3.8) is 0 Å². The SMILES string of the molecule is CC(F)(F)C(F)(F)C(F)(F)S(=O)O. The number of alkyl halides is 6. The minimum atomic E-state index is -5.86. The second-order valence-corrected chi connectivity index (χ2v) is 3.24. The average molecular weight is 230 g/mol. The first kappa shape index (κ1) is 12.7. The Morgan fingerprint density at radius 3 is 1.46 bits per heavy atom. The van der Waals surface area contributed by atoms with Gasteiger partial charge in [0.15, 0.2) is 0 Å². The van der Waals surface area contributed by atoms with Crippen LogP contribution in [0.3, 0.4) is 0 Å². The Labute approximate surface area is 71.2 Å². The largest absolute Gasteiger partial charge is 0.412 e. The summed E-state index contributed by atoms with van der Waals surface area (Å²) in [6.45, 7) is -0.465. The summed E-state index contributed by atoms with van der Waals surface area (Å²) in [5, 5.41) is -5.68. The lowest BCUT2D eigenvalue weighted by molar-refractivity contribution is -0.271. The molecule has 0 aliphatic carbocycles. The van der Waals surface area contributed by atoms with Crippen LogP contribution in [0, 0.1) is 0 Å². The zero-order valence-corrected chi connectivity index (χ0v) is 6.85. The summed E-state index contributed by atoms with van der Waals surface area (Å²) in [5.41, 5.74) is 0. The minimum absolute atomic E-state index is 0.465. The summed E-state index contributed by atoms with van der Waals surface area (Å²) in [4.78, 5) is 0. The standard InChI is InChI=1S/C4H4F6O2S/c1-2(5,6)3(7,8)4(9,10)13(11)12/h1H3,(H,11,12). The molecule has 2 nitrogen and oxygen atoms in total. The second kappa shape index (κ2) is 3.12. The van der Waals surface area contributed by atoms with Crippen LogP contribution in [-0.2, 0) is 11.1 Å². The quantitative estimate of drug-likeness (QED) is 0.595. The number of hydrogen-bond donors (Lipinski definition) is 1. The van der Waals surface area contributed by atoms with Crippen molar-refractivity contribution in [1.29, 1.82) is 0 Å². The molecule has 0 aromatic heterocycles. The van der Waals surface area contributed by atoms with Gasteiger partial charge in [0, 0.05) is 6.92 Å². The lowest BCUT2D eigenvalue weighted by Gasteiger charge is -2.27. The predicted octanol–water partition coefficient (Wildman–Crippen LogP) is 2.09. The molecule has 9 heteroatoms. The molecular weight excluding hydrogens is 226 g/mol. The molecule has 0 fully saturated rings. The molecule has 0 rings (SSSR count). The monoisotopic (exact) mass is 230 g/mol. The minimum Gasteiger partial charge on any atom is -0.301 e. The van der Waals surface area contributed by atoms with Gasteiger partial charge in [-0.3, -0.25) is 0 Å². The molecule has 13 heavy (non-hydrogen) atoms. The van der Waals surface area contributed by atoms with Gasteiger partial charge < -0.3 is 4.55 Å². The second-order valence-electron chi connectivity index (χ2n) is 2.23. The van der Waals surface area contributed by atoms with Crippen LogP contribution >= 0.6 is 0 Å². The van der Waals surface area contributed by atoms with Gasteiger partial charge in [-0.1, -0.05) is 0 Å². The lowest BCUT2D eigenvalue weighted by Crippen LogP contribution is -2.54. The van der Waals surface area contributed by atoms with E-state index in [4.69, 9.17) is 4.55 Å². The van der Waals surface area contributed by atoms with Gasteiger partial charge in [-0.15, -0.1) is 0 Å². The Morgan fingerprint density at radius 2 is 1.38 bits per heavy atom. The highest BCUT2D eigenvalue weighted by Gasteiger charge is 2.72. The van der Waals surface area contributed by atoms with Gasteiger partial charge in [0.25, 0.3) is 0 Å². The van der Waals surface area contributed by atoms with Crippen molar-refractivity contribution in [2.24, 2.45) is 0 Å². The Bertz CT molecular complexity index is 221. The van der Waals surface area contributed by atoms with Crippen molar-refractivity contribution in [2.45, 2.75) is 24.0 Å². The van der Waals surface area contributed by atoms with E-state index in [1.54, 1.807) is 0 Å². The Hall–Kier alpha value is -0.310. The third-order valence-electron chi connectivity index (χ3n) is 1.14. The van der Waals surface area contributed by atoms with E-state index in [-0.39, 0.29) is 0 Å². The summed E-state index contributed by atoms with van der Waals surface area (Å²) in [5.74, 6) is -10.9. The first-order valence-electron chi connectivity index (χ1n) is 2.69.